The number of hydrogen-bond donors (Lipinski definition) is 0. The molecule has 29 heavy (non-hydrogen) atoms. The van der Waals surface area contributed by atoms with Gasteiger partial charge in [-0.15, -0.1) is 0 Å². The molecule has 4 rings (SSSR count). The first-order valence-electron chi connectivity index (χ1n) is 10.2. The van der Waals surface area contributed by atoms with Crippen LogP contribution in [0.5, 0.6) is 0 Å². The summed E-state index contributed by atoms with van der Waals surface area (Å²) in [4.78, 5) is 15.7. The smallest absolute Gasteiger partial charge is 0.243 e. The second-order valence-corrected chi connectivity index (χ2v) is 10.6. The van der Waals surface area contributed by atoms with E-state index in [1.165, 1.54) is 4.31 Å². The topological polar surface area (TPSA) is 57.7 Å². The van der Waals surface area contributed by atoms with Crippen molar-refractivity contribution in [2.45, 2.75) is 50.1 Å². The molecular weight excluding hydrogens is 384 g/mol. The van der Waals surface area contributed by atoms with Crippen LogP contribution in [-0.4, -0.2) is 42.7 Å². The van der Waals surface area contributed by atoms with Crippen molar-refractivity contribution in [3.8, 4) is 0 Å². The Bertz CT molecular complexity index is 974. The van der Waals surface area contributed by atoms with Gasteiger partial charge in [-0.3, -0.25) is 4.79 Å². The average molecular weight is 413 g/mol. The van der Waals surface area contributed by atoms with Crippen LogP contribution in [0.1, 0.15) is 44.7 Å². The van der Waals surface area contributed by atoms with Crippen molar-refractivity contribution >= 4 is 15.9 Å². The molecule has 0 N–H and O–H groups in total. The molecule has 0 radical (unpaired) electrons. The fourth-order valence-electron chi connectivity index (χ4n) is 4.76. The zero-order valence-corrected chi connectivity index (χ0v) is 17.8. The van der Waals surface area contributed by atoms with Crippen LogP contribution in [0.25, 0.3) is 0 Å². The molecule has 5 nitrogen and oxygen atoms in total. The first kappa shape index (κ1) is 20.1. The lowest BCUT2D eigenvalue weighted by Crippen LogP contribution is -2.63. The van der Waals surface area contributed by atoms with E-state index in [-0.39, 0.29) is 22.3 Å². The van der Waals surface area contributed by atoms with Crippen LogP contribution in [0.2, 0.25) is 0 Å². The van der Waals surface area contributed by atoms with Crippen molar-refractivity contribution in [1.29, 1.82) is 0 Å². The highest BCUT2D eigenvalue weighted by atomic mass is 32.2. The Hall–Kier alpha value is -2.18. The number of hydrogen-bond acceptors (Lipinski definition) is 3. The molecule has 2 aromatic carbocycles. The molecule has 6 heteroatoms. The highest BCUT2D eigenvalue weighted by Gasteiger charge is 2.51. The lowest BCUT2D eigenvalue weighted by atomic mass is 9.71. The van der Waals surface area contributed by atoms with Crippen LogP contribution in [0.15, 0.2) is 65.6 Å². The van der Waals surface area contributed by atoms with Gasteiger partial charge in [-0.05, 0) is 30.5 Å². The summed E-state index contributed by atoms with van der Waals surface area (Å²) in [5.41, 5.74) is 1.07. The van der Waals surface area contributed by atoms with Gasteiger partial charge < -0.3 is 4.90 Å². The molecule has 2 atom stereocenters. The first-order chi connectivity index (χ1) is 13.8. The predicted octanol–water partition coefficient (Wildman–Crippen LogP) is 3.84. The summed E-state index contributed by atoms with van der Waals surface area (Å²) in [6, 6.07) is 17.8. The molecule has 0 aromatic heterocycles. The monoisotopic (exact) mass is 412 g/mol. The molecule has 1 amide bonds. The molecule has 2 saturated heterocycles. The van der Waals surface area contributed by atoms with E-state index in [1.54, 1.807) is 30.3 Å². The number of likely N-dealkylation sites (tertiary alicyclic amines) is 1. The van der Waals surface area contributed by atoms with Crippen molar-refractivity contribution in [1.82, 2.24) is 9.21 Å². The maximum Gasteiger partial charge on any atom is 0.243 e. The maximum absolute atomic E-state index is 13.6. The molecular formula is C23H28N2O3S. The minimum Gasteiger partial charge on any atom is -0.333 e. The largest absolute Gasteiger partial charge is 0.333 e. The van der Waals surface area contributed by atoms with Gasteiger partial charge in [0.1, 0.15) is 6.04 Å². The van der Waals surface area contributed by atoms with Gasteiger partial charge in [-0.25, -0.2) is 8.42 Å². The molecule has 154 valence electrons. The van der Waals surface area contributed by atoms with E-state index in [4.69, 9.17) is 0 Å². The van der Waals surface area contributed by atoms with Crippen LogP contribution in [0.4, 0.5) is 0 Å². The third-order valence-electron chi connectivity index (χ3n) is 6.12. The molecule has 2 heterocycles. The van der Waals surface area contributed by atoms with Crippen LogP contribution in [0.3, 0.4) is 0 Å². The quantitative estimate of drug-likeness (QED) is 0.767. The highest BCUT2D eigenvalue weighted by Crippen LogP contribution is 2.49. The van der Waals surface area contributed by atoms with E-state index in [0.29, 0.717) is 19.5 Å². The van der Waals surface area contributed by atoms with E-state index in [1.807, 2.05) is 35.2 Å². The number of amides is 1. The molecule has 2 fully saturated rings. The van der Waals surface area contributed by atoms with Crippen molar-refractivity contribution in [2.75, 3.05) is 13.1 Å². The van der Waals surface area contributed by atoms with Crippen molar-refractivity contribution in [2.24, 2.45) is 5.41 Å². The van der Waals surface area contributed by atoms with E-state index in [0.717, 1.165) is 18.4 Å². The summed E-state index contributed by atoms with van der Waals surface area (Å²) in [5, 5.41) is 0. The molecule has 0 saturated carbocycles. The summed E-state index contributed by atoms with van der Waals surface area (Å²) < 4.78 is 28.0. The van der Waals surface area contributed by atoms with E-state index in [9.17, 15) is 13.2 Å². The third kappa shape index (κ3) is 3.60. The van der Waals surface area contributed by atoms with Crippen LogP contribution < -0.4 is 0 Å². The summed E-state index contributed by atoms with van der Waals surface area (Å²) >= 11 is 0. The molecule has 2 aliphatic heterocycles. The normalized spacial score (nSPS) is 24.7. The van der Waals surface area contributed by atoms with Gasteiger partial charge in [0, 0.05) is 18.5 Å². The Kier molecular flexibility index (Phi) is 5.25. The minimum absolute atomic E-state index is 0.0283. The second kappa shape index (κ2) is 7.58. The molecule has 0 aliphatic carbocycles. The number of sulfonamides is 1. The number of carbonyl (C=O) groups is 1. The fraction of sp³-hybridized carbons (Fsp3) is 0.435. The van der Waals surface area contributed by atoms with Crippen molar-refractivity contribution in [3.63, 3.8) is 0 Å². The van der Waals surface area contributed by atoms with Crippen LogP contribution >= 0.6 is 0 Å². The summed E-state index contributed by atoms with van der Waals surface area (Å²) in [7, 11) is -3.70. The standard InChI is InChI=1S/C23H28N2O3S/c1-23(2)17-24(21(23)18-11-5-3-6-12-18)22(26)20-15-9-10-16-25(20)29(27,28)19-13-7-4-8-14-19/h3-8,11-14,20-21H,9-10,15-17H2,1-2H3/t20-,21-/m0/s1. The molecule has 2 aliphatic rings. The third-order valence-corrected chi connectivity index (χ3v) is 8.04. The zero-order chi connectivity index (χ0) is 20.6. The molecule has 0 bridgehead atoms. The summed E-state index contributed by atoms with van der Waals surface area (Å²) in [6.07, 6.45) is 2.22. The Morgan fingerprint density at radius 1 is 0.966 bits per heavy atom. The molecule has 0 spiro atoms. The number of carbonyl (C=O) groups excluding carboxylic acids is 1. The maximum atomic E-state index is 13.6. The Morgan fingerprint density at radius 2 is 1.59 bits per heavy atom. The van der Waals surface area contributed by atoms with E-state index < -0.39 is 16.1 Å². The summed E-state index contributed by atoms with van der Waals surface area (Å²) in [5.74, 6) is -0.0719. The number of piperidine rings is 1. The minimum atomic E-state index is -3.70. The summed E-state index contributed by atoms with van der Waals surface area (Å²) in [6.45, 7) is 5.35. The zero-order valence-electron chi connectivity index (χ0n) is 17.0. The predicted molar refractivity (Wildman–Crippen MR) is 113 cm³/mol. The van der Waals surface area contributed by atoms with E-state index in [2.05, 4.69) is 13.8 Å². The van der Waals surface area contributed by atoms with Gasteiger partial charge in [0.25, 0.3) is 0 Å². The van der Waals surface area contributed by atoms with Gasteiger partial charge in [0.05, 0.1) is 10.9 Å². The second-order valence-electron chi connectivity index (χ2n) is 8.71. The lowest BCUT2D eigenvalue weighted by molar-refractivity contribution is -0.157. The fourth-order valence-corrected chi connectivity index (χ4v) is 6.43. The van der Waals surface area contributed by atoms with Gasteiger partial charge in [-0.2, -0.15) is 4.31 Å². The SMILES string of the molecule is CC1(C)CN(C(=O)[C@@H]2CCCCN2S(=O)(=O)c2ccccc2)[C@H]1c1ccccc1. The number of nitrogens with zero attached hydrogens (tertiary/aromatic N) is 2. The van der Waals surface area contributed by atoms with Crippen LogP contribution in [-0.2, 0) is 14.8 Å². The average Bonchev–Trinajstić information content (AvgIpc) is 2.73. The number of benzene rings is 2. The first-order valence-corrected chi connectivity index (χ1v) is 11.7. The number of rotatable bonds is 4. The van der Waals surface area contributed by atoms with E-state index >= 15 is 0 Å². The van der Waals surface area contributed by atoms with Gasteiger partial charge in [0.2, 0.25) is 15.9 Å². The lowest BCUT2D eigenvalue weighted by Gasteiger charge is -2.56. The molecule has 0 unspecified atom stereocenters. The Balaban J connectivity index is 1.63. The highest BCUT2D eigenvalue weighted by molar-refractivity contribution is 7.89. The Morgan fingerprint density at radius 3 is 2.21 bits per heavy atom. The molecule has 2 aromatic rings. The van der Waals surface area contributed by atoms with Crippen molar-refractivity contribution < 1.29 is 13.2 Å². The Labute approximate surface area is 173 Å². The van der Waals surface area contributed by atoms with Gasteiger partial charge in [0.15, 0.2) is 0 Å². The van der Waals surface area contributed by atoms with Crippen molar-refractivity contribution in [3.05, 3.63) is 66.2 Å². The van der Waals surface area contributed by atoms with Crippen LogP contribution in [0, 0.1) is 5.41 Å². The van der Waals surface area contributed by atoms with Gasteiger partial charge >= 0.3 is 0 Å². The van der Waals surface area contributed by atoms with Gasteiger partial charge in [-0.1, -0.05) is 68.8 Å².